The van der Waals surface area contributed by atoms with Gasteiger partial charge in [0.05, 0.1) is 14.2 Å². The summed E-state index contributed by atoms with van der Waals surface area (Å²) in [7, 11) is 3.38. The molecular weight excluding hydrogens is 256 g/mol. The van der Waals surface area contributed by atoms with Crippen LogP contribution in [0.1, 0.15) is 11.1 Å². The summed E-state index contributed by atoms with van der Waals surface area (Å²) in [6.07, 6.45) is 0. The van der Waals surface area contributed by atoms with Gasteiger partial charge in [-0.15, -0.1) is 11.8 Å². The number of methoxy groups -OCH3 is 2. The van der Waals surface area contributed by atoms with Crippen LogP contribution < -0.4 is 9.47 Å². The summed E-state index contributed by atoms with van der Waals surface area (Å²) >= 11 is 1.81. The third kappa shape index (κ3) is 3.44. The Hall–Kier alpha value is -1.61. The highest BCUT2D eigenvalue weighted by molar-refractivity contribution is 7.98. The Morgan fingerprint density at radius 2 is 1.79 bits per heavy atom. The number of benzene rings is 2. The van der Waals surface area contributed by atoms with Crippen molar-refractivity contribution in [1.29, 1.82) is 0 Å². The average Bonchev–Trinajstić information content (AvgIpc) is 2.46. The quantitative estimate of drug-likeness (QED) is 0.757. The van der Waals surface area contributed by atoms with E-state index in [2.05, 4.69) is 31.2 Å². The second-order valence-electron chi connectivity index (χ2n) is 4.23. The summed E-state index contributed by atoms with van der Waals surface area (Å²) < 4.78 is 10.7. The van der Waals surface area contributed by atoms with Crippen LogP contribution in [0.2, 0.25) is 0 Å². The van der Waals surface area contributed by atoms with E-state index in [-0.39, 0.29) is 0 Å². The van der Waals surface area contributed by atoms with Crippen molar-refractivity contribution in [2.75, 3.05) is 14.2 Å². The maximum absolute atomic E-state index is 5.39. The second kappa shape index (κ2) is 6.53. The van der Waals surface area contributed by atoms with Gasteiger partial charge in [0.15, 0.2) is 0 Å². The predicted octanol–water partition coefficient (Wildman–Crippen LogP) is 4.30. The normalized spacial score (nSPS) is 10.3. The molecule has 3 heteroatoms. The fourth-order valence-corrected chi connectivity index (χ4v) is 2.88. The van der Waals surface area contributed by atoms with E-state index in [1.165, 1.54) is 10.5 Å². The van der Waals surface area contributed by atoms with Gasteiger partial charge in [-0.25, -0.2) is 0 Å². The first-order chi connectivity index (χ1) is 9.24. The number of hydrogen-bond acceptors (Lipinski definition) is 3. The van der Waals surface area contributed by atoms with E-state index in [0.29, 0.717) is 0 Å². The molecule has 0 bridgehead atoms. The summed E-state index contributed by atoms with van der Waals surface area (Å²) in [4.78, 5) is 1.30. The van der Waals surface area contributed by atoms with Crippen LogP contribution in [0.25, 0.3) is 0 Å². The fourth-order valence-electron chi connectivity index (χ4n) is 1.87. The van der Waals surface area contributed by atoms with Gasteiger partial charge in [-0.05, 0) is 36.8 Å². The Bertz CT molecular complexity index is 552. The van der Waals surface area contributed by atoms with Gasteiger partial charge in [0.25, 0.3) is 0 Å². The Labute approximate surface area is 118 Å². The SMILES string of the molecule is COc1ccc(OC)c(CSc2ccccc2C)c1. The van der Waals surface area contributed by atoms with Crippen LogP contribution >= 0.6 is 11.8 Å². The van der Waals surface area contributed by atoms with Crippen LogP contribution in [-0.2, 0) is 5.75 Å². The summed E-state index contributed by atoms with van der Waals surface area (Å²) in [5.74, 6) is 2.63. The summed E-state index contributed by atoms with van der Waals surface area (Å²) in [6, 6.07) is 14.3. The van der Waals surface area contributed by atoms with Crippen LogP contribution in [0.15, 0.2) is 47.4 Å². The van der Waals surface area contributed by atoms with Crippen LogP contribution in [0.4, 0.5) is 0 Å². The molecule has 2 aromatic rings. The lowest BCUT2D eigenvalue weighted by Gasteiger charge is -2.11. The molecule has 0 radical (unpaired) electrons. The highest BCUT2D eigenvalue weighted by Crippen LogP contribution is 2.31. The molecule has 2 aromatic carbocycles. The molecule has 0 spiro atoms. The van der Waals surface area contributed by atoms with Gasteiger partial charge in [0.2, 0.25) is 0 Å². The molecular formula is C16H18O2S. The molecule has 0 aliphatic heterocycles. The molecule has 0 fully saturated rings. The van der Waals surface area contributed by atoms with Gasteiger partial charge in [-0.1, -0.05) is 18.2 Å². The van der Waals surface area contributed by atoms with Crippen molar-refractivity contribution in [1.82, 2.24) is 0 Å². The first-order valence-corrected chi connectivity index (χ1v) is 7.12. The summed E-state index contributed by atoms with van der Waals surface area (Å²) in [5.41, 5.74) is 2.45. The summed E-state index contributed by atoms with van der Waals surface area (Å²) in [5, 5.41) is 0. The lowest BCUT2D eigenvalue weighted by atomic mass is 10.2. The summed E-state index contributed by atoms with van der Waals surface area (Å²) in [6.45, 7) is 2.13. The molecule has 0 aliphatic carbocycles. The van der Waals surface area contributed by atoms with Crippen molar-refractivity contribution in [3.05, 3.63) is 53.6 Å². The van der Waals surface area contributed by atoms with Crippen LogP contribution in [0, 0.1) is 6.92 Å². The maximum atomic E-state index is 5.39. The van der Waals surface area contributed by atoms with E-state index < -0.39 is 0 Å². The molecule has 0 heterocycles. The largest absolute Gasteiger partial charge is 0.497 e. The number of rotatable bonds is 5. The second-order valence-corrected chi connectivity index (χ2v) is 5.25. The number of aryl methyl sites for hydroxylation is 1. The Balaban J connectivity index is 2.16. The van der Waals surface area contributed by atoms with E-state index >= 15 is 0 Å². The van der Waals surface area contributed by atoms with Crippen molar-refractivity contribution in [3.63, 3.8) is 0 Å². The van der Waals surface area contributed by atoms with E-state index in [0.717, 1.165) is 22.8 Å². The van der Waals surface area contributed by atoms with E-state index in [1.54, 1.807) is 14.2 Å². The number of thioether (sulfide) groups is 1. The number of ether oxygens (including phenoxy) is 2. The molecule has 0 N–H and O–H groups in total. The molecule has 19 heavy (non-hydrogen) atoms. The maximum Gasteiger partial charge on any atom is 0.123 e. The van der Waals surface area contributed by atoms with Crippen molar-refractivity contribution in [2.45, 2.75) is 17.6 Å². The standard InChI is InChI=1S/C16H18O2S/c1-12-6-4-5-7-16(12)19-11-13-10-14(17-2)8-9-15(13)18-3/h4-10H,11H2,1-3H3. The van der Waals surface area contributed by atoms with Gasteiger partial charge in [-0.3, -0.25) is 0 Å². The molecule has 0 atom stereocenters. The van der Waals surface area contributed by atoms with Gasteiger partial charge >= 0.3 is 0 Å². The smallest absolute Gasteiger partial charge is 0.123 e. The van der Waals surface area contributed by atoms with Crippen molar-refractivity contribution in [2.24, 2.45) is 0 Å². The monoisotopic (exact) mass is 274 g/mol. The number of hydrogen-bond donors (Lipinski definition) is 0. The molecule has 100 valence electrons. The van der Waals surface area contributed by atoms with Gasteiger partial charge in [-0.2, -0.15) is 0 Å². The highest BCUT2D eigenvalue weighted by Gasteiger charge is 2.06. The van der Waals surface area contributed by atoms with Gasteiger partial charge in [0.1, 0.15) is 11.5 Å². The molecule has 2 rings (SSSR count). The van der Waals surface area contributed by atoms with Crippen molar-refractivity contribution < 1.29 is 9.47 Å². The lowest BCUT2D eigenvalue weighted by Crippen LogP contribution is -1.92. The minimum atomic E-state index is 0.862. The zero-order valence-electron chi connectivity index (χ0n) is 11.5. The zero-order chi connectivity index (χ0) is 13.7. The lowest BCUT2D eigenvalue weighted by molar-refractivity contribution is 0.400. The van der Waals surface area contributed by atoms with Crippen LogP contribution in [-0.4, -0.2) is 14.2 Å². The topological polar surface area (TPSA) is 18.5 Å². The molecule has 0 unspecified atom stereocenters. The molecule has 2 nitrogen and oxygen atoms in total. The fraction of sp³-hybridized carbons (Fsp3) is 0.250. The highest BCUT2D eigenvalue weighted by atomic mass is 32.2. The van der Waals surface area contributed by atoms with E-state index in [1.807, 2.05) is 30.0 Å². The van der Waals surface area contributed by atoms with Crippen LogP contribution in [0.3, 0.4) is 0 Å². The van der Waals surface area contributed by atoms with E-state index in [9.17, 15) is 0 Å². The Morgan fingerprint density at radius 3 is 2.47 bits per heavy atom. The van der Waals surface area contributed by atoms with Crippen molar-refractivity contribution >= 4 is 11.8 Å². The van der Waals surface area contributed by atoms with Gasteiger partial charge < -0.3 is 9.47 Å². The predicted molar refractivity (Wildman–Crippen MR) is 80.3 cm³/mol. The Kier molecular flexibility index (Phi) is 4.74. The van der Waals surface area contributed by atoms with Crippen LogP contribution in [0.5, 0.6) is 11.5 Å². The van der Waals surface area contributed by atoms with Gasteiger partial charge in [0, 0.05) is 16.2 Å². The first kappa shape index (κ1) is 13.8. The van der Waals surface area contributed by atoms with Crippen molar-refractivity contribution in [3.8, 4) is 11.5 Å². The average molecular weight is 274 g/mol. The molecule has 0 amide bonds. The molecule has 0 saturated heterocycles. The Morgan fingerprint density at radius 1 is 1.00 bits per heavy atom. The molecule has 0 aliphatic rings. The van der Waals surface area contributed by atoms with E-state index in [4.69, 9.17) is 9.47 Å². The minimum Gasteiger partial charge on any atom is -0.497 e. The minimum absolute atomic E-state index is 0.862. The third-order valence-electron chi connectivity index (χ3n) is 2.96. The third-order valence-corrected chi connectivity index (χ3v) is 4.19. The molecule has 0 saturated carbocycles. The molecule has 0 aromatic heterocycles. The zero-order valence-corrected chi connectivity index (χ0v) is 12.3. The first-order valence-electron chi connectivity index (χ1n) is 6.14.